The number of nitrogens with zero attached hydrogens (tertiary/aromatic N) is 3. The molecule has 0 aliphatic heterocycles. The molecule has 5 nitrogen and oxygen atoms in total. The van der Waals surface area contributed by atoms with E-state index < -0.39 is 0 Å². The molecule has 0 saturated carbocycles. The lowest BCUT2D eigenvalue weighted by atomic mass is 10.1. The predicted molar refractivity (Wildman–Crippen MR) is 113 cm³/mol. The summed E-state index contributed by atoms with van der Waals surface area (Å²) in [5, 5.41) is 12.1. The first-order valence-corrected chi connectivity index (χ1v) is 11.0. The largest absolute Gasteiger partial charge is 0.353 e. The Kier molecular flexibility index (Phi) is 8.96. The van der Waals surface area contributed by atoms with Gasteiger partial charge in [0.05, 0.1) is 11.3 Å². The summed E-state index contributed by atoms with van der Waals surface area (Å²) in [6, 6.07) is 6.73. The first-order valence-electron chi connectivity index (χ1n) is 10.0. The number of hydrogen-bond donors (Lipinski definition) is 1. The van der Waals surface area contributed by atoms with E-state index in [1.807, 2.05) is 11.5 Å². The highest BCUT2D eigenvalue weighted by Gasteiger charge is 2.19. The molecule has 1 aromatic heterocycles. The second-order valence-corrected chi connectivity index (χ2v) is 8.49. The van der Waals surface area contributed by atoms with Crippen molar-refractivity contribution in [2.24, 2.45) is 5.92 Å². The van der Waals surface area contributed by atoms with Crippen molar-refractivity contribution in [2.75, 3.05) is 5.75 Å². The number of carbonyl (C=O) groups is 1. The number of halogens is 1. The Morgan fingerprint density at radius 2 is 1.96 bits per heavy atom. The molecule has 1 amide bonds. The summed E-state index contributed by atoms with van der Waals surface area (Å²) in [5.74, 6) is 0.776. The van der Waals surface area contributed by atoms with Gasteiger partial charge in [-0.3, -0.25) is 4.79 Å². The zero-order valence-corrected chi connectivity index (χ0v) is 18.1. The SMILES string of the molecule is CCCCCC(C)NC(=O)CSc1nnc(-c2ccccc2F)n1CC(C)C. The van der Waals surface area contributed by atoms with Crippen molar-refractivity contribution < 1.29 is 9.18 Å². The molecule has 0 fully saturated rings. The highest BCUT2D eigenvalue weighted by atomic mass is 32.2. The number of unbranched alkanes of at least 4 members (excludes halogenated alkanes) is 2. The summed E-state index contributed by atoms with van der Waals surface area (Å²) in [5.41, 5.74) is 0.427. The summed E-state index contributed by atoms with van der Waals surface area (Å²) in [4.78, 5) is 12.3. The van der Waals surface area contributed by atoms with E-state index in [4.69, 9.17) is 0 Å². The number of carbonyl (C=O) groups excluding carboxylic acids is 1. The third-order valence-electron chi connectivity index (χ3n) is 4.36. The number of aromatic nitrogens is 3. The smallest absolute Gasteiger partial charge is 0.230 e. The maximum absolute atomic E-state index is 14.2. The van der Waals surface area contributed by atoms with Gasteiger partial charge in [-0.15, -0.1) is 10.2 Å². The average Bonchev–Trinajstić information content (AvgIpc) is 3.02. The summed E-state index contributed by atoms with van der Waals surface area (Å²) in [6.45, 7) is 9.04. The Morgan fingerprint density at radius 3 is 2.64 bits per heavy atom. The second-order valence-electron chi connectivity index (χ2n) is 7.54. The van der Waals surface area contributed by atoms with E-state index in [1.54, 1.807) is 18.2 Å². The first-order chi connectivity index (χ1) is 13.4. The molecule has 1 atom stereocenters. The van der Waals surface area contributed by atoms with E-state index in [0.29, 0.717) is 29.0 Å². The van der Waals surface area contributed by atoms with Gasteiger partial charge in [-0.2, -0.15) is 0 Å². The molecule has 0 spiro atoms. The molecule has 0 aliphatic carbocycles. The van der Waals surface area contributed by atoms with Crippen molar-refractivity contribution in [3.63, 3.8) is 0 Å². The van der Waals surface area contributed by atoms with E-state index in [2.05, 4.69) is 36.3 Å². The molecule has 1 heterocycles. The van der Waals surface area contributed by atoms with Crippen molar-refractivity contribution in [1.29, 1.82) is 0 Å². The summed E-state index contributed by atoms with van der Waals surface area (Å²) < 4.78 is 16.1. The van der Waals surface area contributed by atoms with Gasteiger partial charge >= 0.3 is 0 Å². The lowest BCUT2D eigenvalue weighted by Gasteiger charge is -2.14. The average molecular weight is 407 g/mol. The van der Waals surface area contributed by atoms with E-state index in [9.17, 15) is 9.18 Å². The number of amides is 1. The quantitative estimate of drug-likeness (QED) is 0.425. The molecule has 1 aromatic carbocycles. The topological polar surface area (TPSA) is 59.8 Å². The minimum atomic E-state index is -0.324. The predicted octanol–water partition coefficient (Wildman–Crippen LogP) is 4.92. The fourth-order valence-electron chi connectivity index (χ4n) is 2.99. The maximum Gasteiger partial charge on any atom is 0.230 e. The second kappa shape index (κ2) is 11.2. The lowest BCUT2D eigenvalue weighted by Crippen LogP contribution is -2.33. The third kappa shape index (κ3) is 6.62. The normalized spacial score (nSPS) is 12.4. The van der Waals surface area contributed by atoms with Crippen LogP contribution in [0.25, 0.3) is 11.4 Å². The number of thioether (sulfide) groups is 1. The van der Waals surface area contributed by atoms with E-state index in [0.717, 1.165) is 12.8 Å². The Balaban J connectivity index is 2.05. The van der Waals surface area contributed by atoms with Crippen molar-refractivity contribution in [3.05, 3.63) is 30.1 Å². The Hall–Kier alpha value is -1.89. The van der Waals surface area contributed by atoms with Crippen molar-refractivity contribution in [3.8, 4) is 11.4 Å². The zero-order valence-electron chi connectivity index (χ0n) is 17.2. The van der Waals surface area contributed by atoms with Gasteiger partial charge in [0.25, 0.3) is 0 Å². The molecule has 1 unspecified atom stereocenters. The lowest BCUT2D eigenvalue weighted by molar-refractivity contribution is -0.119. The highest BCUT2D eigenvalue weighted by molar-refractivity contribution is 7.99. The van der Waals surface area contributed by atoms with Crippen LogP contribution in [-0.2, 0) is 11.3 Å². The molecule has 7 heteroatoms. The summed E-state index contributed by atoms with van der Waals surface area (Å²) in [6.07, 6.45) is 4.48. The number of nitrogens with one attached hydrogen (secondary N) is 1. The monoisotopic (exact) mass is 406 g/mol. The molecule has 0 radical (unpaired) electrons. The molecule has 2 rings (SSSR count). The van der Waals surface area contributed by atoms with Gasteiger partial charge in [0, 0.05) is 12.6 Å². The van der Waals surface area contributed by atoms with Crippen molar-refractivity contribution >= 4 is 17.7 Å². The first kappa shape index (κ1) is 22.4. The third-order valence-corrected chi connectivity index (χ3v) is 5.33. The van der Waals surface area contributed by atoms with Crippen LogP contribution in [0.15, 0.2) is 29.4 Å². The van der Waals surface area contributed by atoms with Crippen LogP contribution >= 0.6 is 11.8 Å². The van der Waals surface area contributed by atoms with Crippen LogP contribution in [-0.4, -0.2) is 32.5 Å². The van der Waals surface area contributed by atoms with E-state index >= 15 is 0 Å². The van der Waals surface area contributed by atoms with Gasteiger partial charge in [-0.05, 0) is 31.4 Å². The fourth-order valence-corrected chi connectivity index (χ4v) is 3.75. The Bertz CT molecular complexity index is 763. The van der Waals surface area contributed by atoms with E-state index in [1.165, 1.54) is 30.7 Å². The molecule has 0 bridgehead atoms. The van der Waals surface area contributed by atoms with Crippen LogP contribution in [0, 0.1) is 11.7 Å². The van der Waals surface area contributed by atoms with Crippen molar-refractivity contribution in [2.45, 2.75) is 71.1 Å². The van der Waals surface area contributed by atoms with Gasteiger partial charge in [0.15, 0.2) is 11.0 Å². The Labute approximate surface area is 171 Å². The molecule has 28 heavy (non-hydrogen) atoms. The van der Waals surface area contributed by atoms with Gasteiger partial charge in [-0.1, -0.05) is 63.9 Å². The van der Waals surface area contributed by atoms with Gasteiger partial charge in [0.2, 0.25) is 5.91 Å². The number of hydrogen-bond acceptors (Lipinski definition) is 4. The minimum absolute atomic E-state index is 0.0134. The van der Waals surface area contributed by atoms with Crippen molar-refractivity contribution in [1.82, 2.24) is 20.1 Å². The zero-order chi connectivity index (χ0) is 20.5. The molecule has 0 saturated heterocycles. The number of benzene rings is 1. The standard InChI is InChI=1S/C21H31FN4OS/c1-5-6-7-10-16(4)23-19(27)14-28-21-25-24-20(26(21)13-15(2)3)17-11-8-9-12-18(17)22/h8-9,11-12,15-16H,5-7,10,13-14H2,1-4H3,(H,23,27). The molecular formula is C21H31FN4OS. The van der Waals surface area contributed by atoms with Crippen LogP contribution in [0.5, 0.6) is 0 Å². The van der Waals surface area contributed by atoms with Crippen LogP contribution in [0.4, 0.5) is 4.39 Å². The van der Waals surface area contributed by atoms with Crippen LogP contribution < -0.4 is 5.32 Å². The van der Waals surface area contributed by atoms with Gasteiger partial charge in [0.1, 0.15) is 5.82 Å². The molecule has 154 valence electrons. The molecular weight excluding hydrogens is 375 g/mol. The molecule has 2 aromatic rings. The highest BCUT2D eigenvalue weighted by Crippen LogP contribution is 2.26. The molecule has 1 N–H and O–H groups in total. The van der Waals surface area contributed by atoms with Crippen LogP contribution in [0.3, 0.4) is 0 Å². The maximum atomic E-state index is 14.2. The fraction of sp³-hybridized carbons (Fsp3) is 0.571. The summed E-state index contributed by atoms with van der Waals surface area (Å²) in [7, 11) is 0. The molecule has 0 aliphatic rings. The van der Waals surface area contributed by atoms with Crippen LogP contribution in [0.1, 0.15) is 53.4 Å². The number of rotatable bonds is 11. The minimum Gasteiger partial charge on any atom is -0.353 e. The van der Waals surface area contributed by atoms with Crippen LogP contribution in [0.2, 0.25) is 0 Å². The van der Waals surface area contributed by atoms with Gasteiger partial charge < -0.3 is 9.88 Å². The summed E-state index contributed by atoms with van der Waals surface area (Å²) >= 11 is 1.34. The van der Waals surface area contributed by atoms with E-state index in [-0.39, 0.29) is 23.5 Å². The Morgan fingerprint density at radius 1 is 1.21 bits per heavy atom. The van der Waals surface area contributed by atoms with Gasteiger partial charge in [-0.25, -0.2) is 4.39 Å².